The minimum Gasteiger partial charge on any atom is -0.311 e. The topological polar surface area (TPSA) is 44.8 Å². The highest BCUT2D eigenvalue weighted by molar-refractivity contribution is 5.79. The summed E-state index contributed by atoms with van der Waals surface area (Å²) in [6, 6.07) is 30.0. The predicted octanol–water partition coefficient (Wildman–Crippen LogP) is 10.2. The third-order valence-corrected chi connectivity index (χ3v) is 7.35. The molecule has 7 heteroatoms. The van der Waals surface area contributed by atoms with Gasteiger partial charge in [-0.25, -0.2) is 0 Å². The van der Waals surface area contributed by atoms with E-state index in [-0.39, 0.29) is 16.5 Å². The summed E-state index contributed by atoms with van der Waals surface area (Å²) in [6.45, 7) is 13.2. The summed E-state index contributed by atoms with van der Waals surface area (Å²) in [5.41, 5.74) is 7.05. The smallest absolute Gasteiger partial charge is 0.311 e. The molecule has 0 saturated heterocycles. The molecule has 2 aromatic heterocycles. The number of rotatable bonds is 5. The maximum Gasteiger partial charge on any atom is 0.432 e. The van der Waals surface area contributed by atoms with Gasteiger partial charge in [0.15, 0.2) is 0 Å². The highest BCUT2D eigenvalue weighted by atomic mass is 19.4. The Morgan fingerprint density at radius 3 is 1.48 bits per heavy atom. The van der Waals surface area contributed by atoms with Gasteiger partial charge >= 0.3 is 6.18 Å². The van der Waals surface area contributed by atoms with Crippen molar-refractivity contribution < 1.29 is 13.2 Å². The van der Waals surface area contributed by atoms with Crippen molar-refractivity contribution in [3.8, 4) is 22.5 Å². The first kappa shape index (κ1) is 29.1. The number of hydrogen-bond acceptors (Lipinski definition) is 3. The molecule has 0 aliphatic heterocycles. The summed E-state index contributed by atoms with van der Waals surface area (Å²) in [7, 11) is 0. The van der Waals surface area contributed by atoms with Gasteiger partial charge in [0.05, 0.1) is 5.69 Å². The zero-order chi connectivity index (χ0) is 30.3. The molecule has 0 bridgehead atoms. The number of nitrogens with zero attached hydrogens (tertiary/aromatic N) is 3. The molecule has 0 amide bonds. The Morgan fingerprint density at radius 2 is 1.05 bits per heavy atom. The van der Waals surface area contributed by atoms with Crippen LogP contribution in [0.5, 0.6) is 0 Å². The van der Waals surface area contributed by atoms with E-state index in [2.05, 4.69) is 122 Å². The zero-order valence-electron chi connectivity index (χ0n) is 24.7. The second kappa shape index (κ2) is 10.8. The molecule has 2 heterocycles. The molecule has 216 valence electrons. The van der Waals surface area contributed by atoms with E-state index in [1.165, 1.54) is 11.1 Å². The van der Waals surface area contributed by atoms with E-state index in [1.54, 1.807) is 12.3 Å². The minimum absolute atomic E-state index is 0.0486. The Labute approximate surface area is 245 Å². The first-order valence-corrected chi connectivity index (χ1v) is 13.9. The minimum atomic E-state index is -4.50. The molecule has 0 spiro atoms. The largest absolute Gasteiger partial charge is 0.432 e. The summed E-state index contributed by atoms with van der Waals surface area (Å²) in [5.74, 6) is 0. The predicted molar refractivity (Wildman–Crippen MR) is 164 cm³/mol. The molecule has 0 aliphatic carbocycles. The number of anilines is 3. The molecule has 42 heavy (non-hydrogen) atoms. The third-order valence-electron chi connectivity index (χ3n) is 7.35. The van der Waals surface area contributed by atoms with Crippen LogP contribution in [-0.2, 0) is 17.0 Å². The van der Waals surface area contributed by atoms with E-state index >= 15 is 0 Å². The third kappa shape index (κ3) is 6.25. The number of benzene rings is 3. The second-order valence-corrected chi connectivity index (χ2v) is 12.6. The Kier molecular flexibility index (Phi) is 7.48. The van der Waals surface area contributed by atoms with Crippen LogP contribution in [0.4, 0.5) is 30.2 Å². The van der Waals surface area contributed by atoms with E-state index in [9.17, 15) is 13.2 Å². The molecule has 4 nitrogen and oxygen atoms in total. The first-order valence-electron chi connectivity index (χ1n) is 13.9. The standard InChI is InChI=1S/C35H35F3N4/c1-33(2,3)25-9-15-28(16-10-25)42(29-17-11-26(12-18-29)34(4,5)6)27-13-7-23(8-14-27)24-19-20-39-30(21-24)31-22-32(41-40-31)35(36,37)38/h7-22H,1-6H3,(H,40,41). The molecule has 3 aromatic carbocycles. The normalized spacial score (nSPS) is 12.4. The van der Waals surface area contributed by atoms with Crippen LogP contribution >= 0.6 is 0 Å². The average Bonchev–Trinajstić information content (AvgIpc) is 3.45. The quantitative estimate of drug-likeness (QED) is 0.229. The molecule has 0 fully saturated rings. The summed E-state index contributed by atoms with van der Waals surface area (Å²) in [5, 5.41) is 5.88. The van der Waals surface area contributed by atoms with Gasteiger partial charge in [-0.3, -0.25) is 10.1 Å². The van der Waals surface area contributed by atoms with E-state index in [4.69, 9.17) is 0 Å². The Hall–Kier alpha value is -4.39. The van der Waals surface area contributed by atoms with Gasteiger partial charge in [0.2, 0.25) is 0 Å². The van der Waals surface area contributed by atoms with Crippen LogP contribution in [0, 0.1) is 0 Å². The highest BCUT2D eigenvalue weighted by Gasteiger charge is 2.33. The fraction of sp³-hybridized carbons (Fsp3) is 0.257. The molecule has 0 radical (unpaired) electrons. The van der Waals surface area contributed by atoms with Crippen molar-refractivity contribution in [2.75, 3.05) is 4.90 Å². The summed E-state index contributed by atoms with van der Waals surface area (Å²) < 4.78 is 39.2. The molecular weight excluding hydrogens is 533 g/mol. The fourth-order valence-corrected chi connectivity index (χ4v) is 4.82. The van der Waals surface area contributed by atoms with Crippen LogP contribution in [0.3, 0.4) is 0 Å². The Morgan fingerprint density at radius 1 is 0.571 bits per heavy atom. The van der Waals surface area contributed by atoms with Crippen molar-refractivity contribution in [3.05, 3.63) is 114 Å². The summed E-state index contributed by atoms with van der Waals surface area (Å²) in [6.07, 6.45) is -2.91. The van der Waals surface area contributed by atoms with Gasteiger partial charge in [-0.15, -0.1) is 0 Å². The van der Waals surface area contributed by atoms with E-state index in [0.717, 1.165) is 34.3 Å². The van der Waals surface area contributed by atoms with Crippen molar-refractivity contribution in [1.82, 2.24) is 15.2 Å². The van der Waals surface area contributed by atoms with Crippen molar-refractivity contribution >= 4 is 17.1 Å². The van der Waals surface area contributed by atoms with Gasteiger partial charge in [0, 0.05) is 23.3 Å². The van der Waals surface area contributed by atoms with E-state index < -0.39 is 11.9 Å². The van der Waals surface area contributed by atoms with Gasteiger partial charge in [-0.05, 0) is 87.7 Å². The lowest BCUT2D eigenvalue weighted by molar-refractivity contribution is -0.141. The van der Waals surface area contributed by atoms with E-state index in [0.29, 0.717) is 5.69 Å². The van der Waals surface area contributed by atoms with Gasteiger partial charge in [0.25, 0.3) is 0 Å². The number of alkyl halides is 3. The van der Waals surface area contributed by atoms with Crippen molar-refractivity contribution in [3.63, 3.8) is 0 Å². The maximum atomic E-state index is 13.1. The second-order valence-electron chi connectivity index (χ2n) is 12.6. The van der Waals surface area contributed by atoms with Crippen molar-refractivity contribution in [2.45, 2.75) is 58.5 Å². The van der Waals surface area contributed by atoms with Crippen LogP contribution in [0.1, 0.15) is 58.4 Å². The van der Waals surface area contributed by atoms with Crippen LogP contribution in [-0.4, -0.2) is 15.2 Å². The monoisotopic (exact) mass is 568 g/mol. The zero-order valence-corrected chi connectivity index (χ0v) is 24.7. The fourth-order valence-electron chi connectivity index (χ4n) is 4.82. The average molecular weight is 569 g/mol. The van der Waals surface area contributed by atoms with Gasteiger partial charge in [-0.2, -0.15) is 18.3 Å². The molecule has 0 atom stereocenters. The maximum absolute atomic E-state index is 13.1. The molecular formula is C35H35F3N4. The molecule has 5 rings (SSSR count). The highest BCUT2D eigenvalue weighted by Crippen LogP contribution is 2.38. The van der Waals surface area contributed by atoms with Crippen molar-refractivity contribution in [1.29, 1.82) is 0 Å². The lowest BCUT2D eigenvalue weighted by atomic mass is 9.86. The molecule has 5 aromatic rings. The van der Waals surface area contributed by atoms with Crippen molar-refractivity contribution in [2.24, 2.45) is 0 Å². The molecule has 0 unspecified atom stereocenters. The lowest BCUT2D eigenvalue weighted by Crippen LogP contribution is -2.14. The van der Waals surface area contributed by atoms with Gasteiger partial charge < -0.3 is 4.90 Å². The van der Waals surface area contributed by atoms with Gasteiger partial charge in [-0.1, -0.05) is 77.9 Å². The number of aromatic nitrogens is 3. The first-order chi connectivity index (χ1) is 19.7. The Bertz CT molecular complexity index is 1600. The van der Waals surface area contributed by atoms with Gasteiger partial charge in [0.1, 0.15) is 11.4 Å². The number of halogens is 3. The lowest BCUT2D eigenvalue weighted by Gasteiger charge is -2.28. The summed E-state index contributed by atoms with van der Waals surface area (Å²) in [4.78, 5) is 6.47. The van der Waals surface area contributed by atoms with Crippen LogP contribution in [0.15, 0.2) is 97.2 Å². The number of hydrogen-bond donors (Lipinski definition) is 1. The SMILES string of the molecule is CC(C)(C)c1ccc(N(c2ccc(-c3ccnc(-c4cc(C(F)(F)F)[nH]n4)c3)cc2)c2ccc(C(C)(C)C)cc2)cc1. The summed E-state index contributed by atoms with van der Waals surface area (Å²) >= 11 is 0. The van der Waals surface area contributed by atoms with Crippen LogP contribution < -0.4 is 4.90 Å². The van der Waals surface area contributed by atoms with E-state index in [1.807, 2.05) is 18.2 Å². The number of pyridine rings is 1. The molecule has 0 aliphatic rings. The molecule has 1 N–H and O–H groups in total. The molecule has 0 saturated carbocycles. The van der Waals surface area contributed by atoms with Crippen LogP contribution in [0.2, 0.25) is 0 Å². The number of nitrogens with one attached hydrogen (secondary N) is 1. The Balaban J connectivity index is 1.50. The van der Waals surface area contributed by atoms with Crippen LogP contribution in [0.25, 0.3) is 22.5 Å². The number of aromatic amines is 1. The number of H-pyrrole nitrogens is 1.